The van der Waals surface area contributed by atoms with Crippen molar-refractivity contribution in [2.24, 2.45) is 22.7 Å². The standard InChI is InChI=1S/C16H31N3O/c1-4-17-16(19-12(2)11-20-3)18-8-7-15-10-13-5-6-14(15)9-13/h12-15H,4-11H2,1-3H3,(H2,17,18,19). The summed E-state index contributed by atoms with van der Waals surface area (Å²) in [6, 6.07) is 0.292. The zero-order chi connectivity index (χ0) is 14.4. The minimum atomic E-state index is 0.292. The van der Waals surface area contributed by atoms with E-state index in [1.54, 1.807) is 7.11 Å². The first-order chi connectivity index (χ1) is 9.72. The van der Waals surface area contributed by atoms with E-state index in [-0.39, 0.29) is 0 Å². The Kier molecular flexibility index (Phi) is 6.14. The molecule has 2 aliphatic rings. The number of nitrogens with zero attached hydrogens (tertiary/aromatic N) is 1. The van der Waals surface area contributed by atoms with Crippen molar-refractivity contribution in [2.45, 2.75) is 52.0 Å². The normalized spacial score (nSPS) is 30.6. The molecule has 0 aromatic rings. The van der Waals surface area contributed by atoms with Gasteiger partial charge in [-0.15, -0.1) is 0 Å². The predicted molar refractivity (Wildman–Crippen MR) is 84.0 cm³/mol. The minimum absolute atomic E-state index is 0.292. The molecule has 0 aliphatic heterocycles. The van der Waals surface area contributed by atoms with Crippen LogP contribution < -0.4 is 10.6 Å². The fraction of sp³-hybridized carbons (Fsp3) is 0.938. The van der Waals surface area contributed by atoms with E-state index in [4.69, 9.17) is 9.73 Å². The smallest absolute Gasteiger partial charge is 0.191 e. The van der Waals surface area contributed by atoms with E-state index in [2.05, 4.69) is 24.5 Å². The Morgan fingerprint density at radius 2 is 2.20 bits per heavy atom. The van der Waals surface area contributed by atoms with Crippen molar-refractivity contribution < 1.29 is 4.74 Å². The zero-order valence-electron chi connectivity index (χ0n) is 13.3. The van der Waals surface area contributed by atoms with Gasteiger partial charge >= 0.3 is 0 Å². The molecule has 0 aromatic carbocycles. The molecule has 4 atom stereocenters. The van der Waals surface area contributed by atoms with Crippen LogP contribution in [0.2, 0.25) is 0 Å². The molecule has 2 N–H and O–H groups in total. The summed E-state index contributed by atoms with van der Waals surface area (Å²) in [4.78, 5) is 4.72. The molecule has 0 spiro atoms. The lowest BCUT2D eigenvalue weighted by molar-refractivity contribution is 0.179. The number of fused-ring (bicyclic) bond motifs is 2. The SMILES string of the molecule is CCNC(=NCCC1CC2CCC1C2)NC(C)COC. The Hall–Kier alpha value is -0.770. The van der Waals surface area contributed by atoms with Gasteiger partial charge < -0.3 is 15.4 Å². The van der Waals surface area contributed by atoms with Gasteiger partial charge in [0, 0.05) is 26.2 Å². The van der Waals surface area contributed by atoms with E-state index < -0.39 is 0 Å². The van der Waals surface area contributed by atoms with Gasteiger partial charge in [-0.05, 0) is 57.3 Å². The summed E-state index contributed by atoms with van der Waals surface area (Å²) >= 11 is 0. The third-order valence-corrected chi connectivity index (χ3v) is 4.80. The number of guanidine groups is 1. The van der Waals surface area contributed by atoms with E-state index in [0.717, 1.165) is 36.8 Å². The van der Waals surface area contributed by atoms with Crippen LogP contribution in [-0.2, 0) is 4.74 Å². The lowest BCUT2D eigenvalue weighted by Gasteiger charge is -2.21. The van der Waals surface area contributed by atoms with Crippen molar-refractivity contribution in [3.63, 3.8) is 0 Å². The number of hydrogen-bond donors (Lipinski definition) is 2. The van der Waals surface area contributed by atoms with Gasteiger partial charge in [0.1, 0.15) is 0 Å². The molecule has 0 aromatic heterocycles. The molecule has 4 heteroatoms. The second-order valence-electron chi connectivity index (χ2n) is 6.48. The lowest BCUT2D eigenvalue weighted by atomic mass is 9.86. The molecule has 2 fully saturated rings. The van der Waals surface area contributed by atoms with Crippen LogP contribution >= 0.6 is 0 Å². The van der Waals surface area contributed by atoms with E-state index in [1.807, 2.05) is 0 Å². The molecule has 4 unspecified atom stereocenters. The van der Waals surface area contributed by atoms with E-state index in [1.165, 1.54) is 32.1 Å². The van der Waals surface area contributed by atoms with E-state index in [0.29, 0.717) is 12.6 Å². The molecule has 0 amide bonds. The summed E-state index contributed by atoms with van der Waals surface area (Å²) in [6.45, 7) is 6.78. The Morgan fingerprint density at radius 1 is 1.35 bits per heavy atom. The van der Waals surface area contributed by atoms with Crippen LogP contribution in [0.3, 0.4) is 0 Å². The van der Waals surface area contributed by atoms with Gasteiger partial charge in [0.15, 0.2) is 5.96 Å². The topological polar surface area (TPSA) is 45.7 Å². The van der Waals surface area contributed by atoms with Crippen LogP contribution in [-0.4, -0.2) is 38.8 Å². The molecule has 0 radical (unpaired) electrons. The first-order valence-corrected chi connectivity index (χ1v) is 8.26. The minimum Gasteiger partial charge on any atom is -0.383 e. The molecular weight excluding hydrogens is 250 g/mol. The van der Waals surface area contributed by atoms with Crippen LogP contribution in [0, 0.1) is 17.8 Å². The molecule has 20 heavy (non-hydrogen) atoms. The predicted octanol–water partition coefficient (Wildman–Crippen LogP) is 2.40. The second-order valence-corrected chi connectivity index (χ2v) is 6.48. The Labute approximate surface area is 123 Å². The maximum Gasteiger partial charge on any atom is 0.191 e. The summed E-state index contributed by atoms with van der Waals surface area (Å²) in [7, 11) is 1.73. The molecular formula is C16H31N3O. The van der Waals surface area contributed by atoms with Gasteiger partial charge in [-0.1, -0.05) is 6.42 Å². The van der Waals surface area contributed by atoms with Crippen molar-refractivity contribution in [1.82, 2.24) is 10.6 Å². The third-order valence-electron chi connectivity index (χ3n) is 4.80. The Balaban J connectivity index is 1.73. The van der Waals surface area contributed by atoms with Gasteiger partial charge in [0.2, 0.25) is 0 Å². The number of ether oxygens (including phenoxy) is 1. The average molecular weight is 281 g/mol. The fourth-order valence-corrected chi connectivity index (χ4v) is 3.92. The molecule has 2 bridgehead atoms. The van der Waals surface area contributed by atoms with Crippen molar-refractivity contribution in [3.05, 3.63) is 0 Å². The number of rotatable bonds is 7. The highest BCUT2D eigenvalue weighted by Crippen LogP contribution is 2.49. The number of aliphatic imine (C=N–C) groups is 1. The highest BCUT2D eigenvalue weighted by atomic mass is 16.5. The van der Waals surface area contributed by atoms with Crippen LogP contribution in [0.25, 0.3) is 0 Å². The van der Waals surface area contributed by atoms with Crippen LogP contribution in [0.4, 0.5) is 0 Å². The van der Waals surface area contributed by atoms with Crippen molar-refractivity contribution in [2.75, 3.05) is 26.8 Å². The largest absolute Gasteiger partial charge is 0.383 e. The molecule has 2 saturated carbocycles. The first-order valence-electron chi connectivity index (χ1n) is 8.26. The lowest BCUT2D eigenvalue weighted by Crippen LogP contribution is -2.44. The van der Waals surface area contributed by atoms with Crippen molar-refractivity contribution in [1.29, 1.82) is 0 Å². The molecule has 2 rings (SSSR count). The van der Waals surface area contributed by atoms with Crippen LogP contribution in [0.5, 0.6) is 0 Å². The Morgan fingerprint density at radius 3 is 2.80 bits per heavy atom. The van der Waals surface area contributed by atoms with Gasteiger partial charge in [-0.2, -0.15) is 0 Å². The Bertz CT molecular complexity index is 319. The van der Waals surface area contributed by atoms with Gasteiger partial charge in [0.05, 0.1) is 6.61 Å². The second kappa shape index (κ2) is 7.87. The molecule has 116 valence electrons. The molecule has 0 saturated heterocycles. The average Bonchev–Trinajstić information content (AvgIpc) is 3.01. The number of nitrogens with one attached hydrogen (secondary N) is 2. The maximum absolute atomic E-state index is 5.16. The summed E-state index contributed by atoms with van der Waals surface area (Å²) in [5.41, 5.74) is 0. The summed E-state index contributed by atoms with van der Waals surface area (Å²) in [6.07, 6.45) is 7.18. The molecule has 2 aliphatic carbocycles. The van der Waals surface area contributed by atoms with Gasteiger partial charge in [-0.25, -0.2) is 0 Å². The quantitative estimate of drug-likeness (QED) is 0.556. The highest BCUT2D eigenvalue weighted by Gasteiger charge is 2.38. The third kappa shape index (κ3) is 4.37. The first kappa shape index (κ1) is 15.6. The van der Waals surface area contributed by atoms with Crippen molar-refractivity contribution >= 4 is 5.96 Å². The zero-order valence-corrected chi connectivity index (χ0v) is 13.3. The summed E-state index contributed by atoms with van der Waals surface area (Å²) in [5.74, 6) is 3.93. The van der Waals surface area contributed by atoms with Crippen molar-refractivity contribution in [3.8, 4) is 0 Å². The highest BCUT2D eigenvalue weighted by molar-refractivity contribution is 5.80. The van der Waals surface area contributed by atoms with Gasteiger partial charge in [0.25, 0.3) is 0 Å². The number of methoxy groups -OCH3 is 1. The molecule has 4 nitrogen and oxygen atoms in total. The van der Waals surface area contributed by atoms with Gasteiger partial charge in [-0.3, -0.25) is 4.99 Å². The van der Waals surface area contributed by atoms with E-state index in [9.17, 15) is 0 Å². The summed E-state index contributed by atoms with van der Waals surface area (Å²) < 4.78 is 5.16. The molecule has 0 heterocycles. The summed E-state index contributed by atoms with van der Waals surface area (Å²) in [5, 5.41) is 6.71. The fourth-order valence-electron chi connectivity index (χ4n) is 3.92. The number of hydrogen-bond acceptors (Lipinski definition) is 2. The van der Waals surface area contributed by atoms with Crippen LogP contribution in [0.1, 0.15) is 46.0 Å². The maximum atomic E-state index is 5.16. The monoisotopic (exact) mass is 281 g/mol. The van der Waals surface area contributed by atoms with Crippen LogP contribution in [0.15, 0.2) is 4.99 Å². The van der Waals surface area contributed by atoms with E-state index >= 15 is 0 Å².